The number of amides is 2. The molecule has 1 atom stereocenters. The predicted molar refractivity (Wildman–Crippen MR) is 99.8 cm³/mol. The van der Waals surface area contributed by atoms with E-state index in [-0.39, 0.29) is 28.9 Å². The second-order valence-electron chi connectivity index (χ2n) is 6.06. The first kappa shape index (κ1) is 18.8. The molecule has 0 spiro atoms. The molecule has 28 heavy (non-hydrogen) atoms. The number of carbonyl (C=O) groups excluding carboxylic acids is 2. The number of carbonyl (C=O) groups is 2. The number of hydrogen-bond acceptors (Lipinski definition) is 6. The molecule has 9 heteroatoms. The first-order chi connectivity index (χ1) is 13.5. The number of aryl methyl sites for hydroxylation is 1. The van der Waals surface area contributed by atoms with Crippen molar-refractivity contribution >= 4 is 17.7 Å². The van der Waals surface area contributed by atoms with E-state index in [0.29, 0.717) is 5.69 Å². The number of benzene rings is 1. The second-order valence-corrected chi connectivity index (χ2v) is 6.06. The Bertz CT molecular complexity index is 1060. The molecule has 2 amide bonds. The molecule has 0 saturated heterocycles. The molecule has 2 heterocycles. The van der Waals surface area contributed by atoms with Gasteiger partial charge >= 0.3 is 0 Å². The molecular formula is C19H18N6O3. The second kappa shape index (κ2) is 7.75. The van der Waals surface area contributed by atoms with E-state index in [2.05, 4.69) is 20.9 Å². The number of anilines is 1. The van der Waals surface area contributed by atoms with Crippen molar-refractivity contribution in [3.05, 3.63) is 64.6 Å². The minimum absolute atomic E-state index is 0.0494. The largest absolute Gasteiger partial charge is 0.354 e. The van der Waals surface area contributed by atoms with Gasteiger partial charge in [0.1, 0.15) is 23.0 Å². The van der Waals surface area contributed by atoms with Crippen LogP contribution in [-0.4, -0.2) is 33.8 Å². The molecule has 9 nitrogen and oxygen atoms in total. The molecule has 2 aromatic heterocycles. The Labute approximate surface area is 160 Å². The summed E-state index contributed by atoms with van der Waals surface area (Å²) in [5.74, 6) is -1.04. The number of rotatable bonds is 5. The lowest BCUT2D eigenvalue weighted by Gasteiger charge is -2.15. The van der Waals surface area contributed by atoms with Crippen LogP contribution < -0.4 is 10.6 Å². The van der Waals surface area contributed by atoms with Crippen molar-refractivity contribution in [1.82, 2.24) is 20.3 Å². The van der Waals surface area contributed by atoms with Crippen LogP contribution in [0.25, 0.3) is 0 Å². The SMILES string of the molecule is CNC(=O)c1cc(C(=O)Nc2onc(C)c2C#N)n([C@@H](C)c2ccccc2)n1. The van der Waals surface area contributed by atoms with E-state index >= 15 is 0 Å². The van der Waals surface area contributed by atoms with Crippen molar-refractivity contribution < 1.29 is 14.1 Å². The fraction of sp³-hybridized carbons (Fsp3) is 0.211. The molecule has 0 fully saturated rings. The monoisotopic (exact) mass is 378 g/mol. The fourth-order valence-electron chi connectivity index (χ4n) is 2.72. The molecule has 142 valence electrons. The van der Waals surface area contributed by atoms with Gasteiger partial charge in [0.2, 0.25) is 5.88 Å². The van der Waals surface area contributed by atoms with Crippen LogP contribution in [0.5, 0.6) is 0 Å². The van der Waals surface area contributed by atoms with Gasteiger partial charge < -0.3 is 9.84 Å². The molecule has 0 radical (unpaired) electrons. The Balaban J connectivity index is 2.01. The number of nitrogens with one attached hydrogen (secondary N) is 2. The summed E-state index contributed by atoms with van der Waals surface area (Å²) in [5.41, 5.74) is 1.67. The number of nitrogens with zero attached hydrogens (tertiary/aromatic N) is 4. The molecule has 1 aromatic carbocycles. The molecule has 0 aliphatic rings. The quantitative estimate of drug-likeness (QED) is 0.701. The van der Waals surface area contributed by atoms with Crippen molar-refractivity contribution in [3.8, 4) is 6.07 Å². The van der Waals surface area contributed by atoms with E-state index < -0.39 is 11.8 Å². The van der Waals surface area contributed by atoms with Crippen molar-refractivity contribution in [2.45, 2.75) is 19.9 Å². The minimum Gasteiger partial charge on any atom is -0.354 e. The molecule has 0 aliphatic heterocycles. The average molecular weight is 378 g/mol. The Morgan fingerprint density at radius 2 is 1.96 bits per heavy atom. The summed E-state index contributed by atoms with van der Waals surface area (Å²) in [6, 6.07) is 12.5. The van der Waals surface area contributed by atoms with Crippen LogP contribution in [0.2, 0.25) is 0 Å². The first-order valence-electron chi connectivity index (χ1n) is 8.50. The van der Waals surface area contributed by atoms with Gasteiger partial charge in [0.15, 0.2) is 5.69 Å². The Morgan fingerprint density at radius 1 is 1.25 bits per heavy atom. The standard InChI is InChI=1S/C19H18N6O3/c1-11-14(10-20)19(28-24-11)22-18(27)16-9-15(17(26)21-3)23-25(16)12(2)13-7-5-4-6-8-13/h4-9,12H,1-3H3,(H,21,26)(H,22,27)/t12-/m0/s1. The van der Waals surface area contributed by atoms with Gasteiger partial charge in [-0.2, -0.15) is 10.4 Å². The normalized spacial score (nSPS) is 11.5. The third-order valence-electron chi connectivity index (χ3n) is 4.28. The highest BCUT2D eigenvalue weighted by molar-refractivity contribution is 6.04. The summed E-state index contributed by atoms with van der Waals surface area (Å²) in [6.07, 6.45) is 0. The zero-order chi connectivity index (χ0) is 20.3. The van der Waals surface area contributed by atoms with Gasteiger partial charge in [-0.1, -0.05) is 35.5 Å². The summed E-state index contributed by atoms with van der Waals surface area (Å²) in [6.45, 7) is 3.47. The third-order valence-corrected chi connectivity index (χ3v) is 4.28. The van der Waals surface area contributed by atoms with Crippen LogP contribution in [0.3, 0.4) is 0 Å². The van der Waals surface area contributed by atoms with Crippen LogP contribution in [0.1, 0.15) is 50.8 Å². The van der Waals surface area contributed by atoms with Crippen molar-refractivity contribution in [3.63, 3.8) is 0 Å². The Kier molecular flexibility index (Phi) is 5.22. The predicted octanol–water partition coefficient (Wildman–Crippen LogP) is 2.27. The Hall–Kier alpha value is -3.93. The lowest BCUT2D eigenvalue weighted by atomic mass is 10.1. The summed E-state index contributed by atoms with van der Waals surface area (Å²) in [5, 5.41) is 22.2. The van der Waals surface area contributed by atoms with Gasteiger partial charge in [0, 0.05) is 13.1 Å². The van der Waals surface area contributed by atoms with Gasteiger partial charge in [0.05, 0.1) is 6.04 Å². The van der Waals surface area contributed by atoms with Crippen LogP contribution in [0, 0.1) is 18.3 Å². The Morgan fingerprint density at radius 3 is 2.61 bits per heavy atom. The fourth-order valence-corrected chi connectivity index (χ4v) is 2.72. The van der Waals surface area contributed by atoms with Gasteiger partial charge in [-0.3, -0.25) is 19.6 Å². The van der Waals surface area contributed by atoms with E-state index in [4.69, 9.17) is 4.52 Å². The van der Waals surface area contributed by atoms with Crippen LogP contribution in [0.4, 0.5) is 5.88 Å². The highest BCUT2D eigenvalue weighted by Gasteiger charge is 2.24. The van der Waals surface area contributed by atoms with E-state index in [1.54, 1.807) is 6.92 Å². The highest BCUT2D eigenvalue weighted by Crippen LogP contribution is 2.23. The van der Waals surface area contributed by atoms with Gasteiger partial charge in [-0.25, -0.2) is 0 Å². The summed E-state index contributed by atoms with van der Waals surface area (Å²) in [7, 11) is 1.48. The topological polar surface area (TPSA) is 126 Å². The van der Waals surface area contributed by atoms with Crippen LogP contribution >= 0.6 is 0 Å². The van der Waals surface area contributed by atoms with Crippen molar-refractivity contribution in [2.75, 3.05) is 12.4 Å². The van der Waals surface area contributed by atoms with Gasteiger partial charge in [0.25, 0.3) is 11.8 Å². The number of hydrogen-bond donors (Lipinski definition) is 2. The van der Waals surface area contributed by atoms with Crippen molar-refractivity contribution in [1.29, 1.82) is 5.26 Å². The highest BCUT2D eigenvalue weighted by atomic mass is 16.5. The lowest BCUT2D eigenvalue weighted by molar-refractivity contribution is 0.0956. The molecule has 0 aliphatic carbocycles. The maximum atomic E-state index is 12.9. The lowest BCUT2D eigenvalue weighted by Crippen LogP contribution is -2.21. The zero-order valence-corrected chi connectivity index (χ0v) is 15.6. The summed E-state index contributed by atoms with van der Waals surface area (Å²) < 4.78 is 6.49. The average Bonchev–Trinajstić information content (AvgIpc) is 3.31. The molecule has 0 unspecified atom stereocenters. The smallest absolute Gasteiger partial charge is 0.276 e. The summed E-state index contributed by atoms with van der Waals surface area (Å²) in [4.78, 5) is 24.9. The van der Waals surface area contributed by atoms with E-state index in [9.17, 15) is 14.9 Å². The molecule has 3 aromatic rings. The minimum atomic E-state index is -0.571. The molecule has 0 bridgehead atoms. The molecule has 0 saturated carbocycles. The first-order valence-corrected chi connectivity index (χ1v) is 8.50. The van der Waals surface area contributed by atoms with Gasteiger partial charge in [-0.15, -0.1) is 0 Å². The van der Waals surface area contributed by atoms with E-state index in [0.717, 1.165) is 5.56 Å². The molecule has 2 N–H and O–H groups in total. The van der Waals surface area contributed by atoms with E-state index in [1.165, 1.54) is 17.8 Å². The maximum Gasteiger partial charge on any atom is 0.276 e. The van der Waals surface area contributed by atoms with Crippen LogP contribution in [-0.2, 0) is 0 Å². The van der Waals surface area contributed by atoms with Crippen molar-refractivity contribution in [2.24, 2.45) is 0 Å². The number of nitriles is 1. The maximum absolute atomic E-state index is 12.9. The zero-order valence-electron chi connectivity index (χ0n) is 15.6. The third kappa shape index (κ3) is 3.48. The summed E-state index contributed by atoms with van der Waals surface area (Å²) >= 11 is 0. The van der Waals surface area contributed by atoms with Crippen LogP contribution in [0.15, 0.2) is 40.9 Å². The van der Waals surface area contributed by atoms with Gasteiger partial charge in [-0.05, 0) is 19.4 Å². The number of aromatic nitrogens is 3. The molecule has 3 rings (SSSR count). The van der Waals surface area contributed by atoms with E-state index in [1.807, 2.05) is 43.3 Å². The molecular weight excluding hydrogens is 360 g/mol.